The molecule has 2 aromatic carbocycles. The first kappa shape index (κ1) is 15.6. The van der Waals surface area contributed by atoms with E-state index in [1.165, 1.54) is 37.6 Å². The SMILES string of the molecule is COc1cc(/C=N/Nc2cc(Cl)ccc2[N+](=O)[O-])ccc1O. The van der Waals surface area contributed by atoms with Gasteiger partial charge in [0.05, 0.1) is 18.2 Å². The monoisotopic (exact) mass is 321 g/mol. The van der Waals surface area contributed by atoms with Crippen molar-refractivity contribution < 1.29 is 14.8 Å². The molecule has 0 amide bonds. The lowest BCUT2D eigenvalue weighted by Gasteiger charge is -2.04. The third-order valence-electron chi connectivity index (χ3n) is 2.76. The number of halogens is 1. The van der Waals surface area contributed by atoms with E-state index in [0.29, 0.717) is 16.3 Å². The zero-order valence-electron chi connectivity index (χ0n) is 11.5. The van der Waals surface area contributed by atoms with E-state index in [1.54, 1.807) is 12.1 Å². The van der Waals surface area contributed by atoms with E-state index in [0.717, 1.165) is 0 Å². The third-order valence-corrected chi connectivity index (χ3v) is 2.99. The normalized spacial score (nSPS) is 10.6. The van der Waals surface area contributed by atoms with E-state index in [-0.39, 0.29) is 17.1 Å². The summed E-state index contributed by atoms with van der Waals surface area (Å²) in [7, 11) is 1.43. The van der Waals surface area contributed by atoms with Crippen molar-refractivity contribution in [1.82, 2.24) is 0 Å². The van der Waals surface area contributed by atoms with Gasteiger partial charge in [0.15, 0.2) is 11.5 Å². The molecule has 0 heterocycles. The lowest BCUT2D eigenvalue weighted by Crippen LogP contribution is -1.97. The van der Waals surface area contributed by atoms with Crippen LogP contribution in [-0.4, -0.2) is 23.4 Å². The Balaban J connectivity index is 2.19. The Bertz CT molecular complexity index is 734. The smallest absolute Gasteiger partial charge is 0.294 e. The van der Waals surface area contributed by atoms with Gasteiger partial charge in [0, 0.05) is 11.1 Å². The summed E-state index contributed by atoms with van der Waals surface area (Å²) in [6.07, 6.45) is 1.44. The minimum Gasteiger partial charge on any atom is -0.504 e. The van der Waals surface area contributed by atoms with Crippen molar-refractivity contribution >= 4 is 29.2 Å². The molecule has 0 aliphatic rings. The topological polar surface area (TPSA) is 97.0 Å². The van der Waals surface area contributed by atoms with E-state index in [9.17, 15) is 15.2 Å². The van der Waals surface area contributed by atoms with Crippen LogP contribution >= 0.6 is 11.6 Å². The number of nitro groups is 1. The van der Waals surface area contributed by atoms with Crippen LogP contribution in [0.3, 0.4) is 0 Å². The molecule has 0 atom stereocenters. The molecule has 0 bridgehead atoms. The van der Waals surface area contributed by atoms with Crippen LogP contribution in [0.5, 0.6) is 11.5 Å². The Morgan fingerprint density at radius 3 is 2.82 bits per heavy atom. The largest absolute Gasteiger partial charge is 0.504 e. The van der Waals surface area contributed by atoms with E-state index in [1.807, 2.05) is 0 Å². The summed E-state index contributed by atoms with van der Waals surface area (Å²) in [5.74, 6) is 0.316. The quantitative estimate of drug-likeness (QED) is 0.499. The lowest BCUT2D eigenvalue weighted by molar-refractivity contribution is -0.384. The molecule has 0 aromatic heterocycles. The average molecular weight is 322 g/mol. The van der Waals surface area contributed by atoms with Crippen molar-refractivity contribution in [2.45, 2.75) is 0 Å². The lowest BCUT2D eigenvalue weighted by atomic mass is 10.2. The molecule has 8 heteroatoms. The van der Waals surface area contributed by atoms with Gasteiger partial charge in [0.2, 0.25) is 0 Å². The number of benzene rings is 2. The van der Waals surface area contributed by atoms with Gasteiger partial charge in [-0.2, -0.15) is 5.10 Å². The number of rotatable bonds is 5. The molecule has 0 unspecified atom stereocenters. The molecule has 114 valence electrons. The van der Waals surface area contributed by atoms with Gasteiger partial charge in [-0.3, -0.25) is 15.5 Å². The summed E-state index contributed by atoms with van der Waals surface area (Å²) < 4.78 is 4.98. The van der Waals surface area contributed by atoms with Gasteiger partial charge in [-0.15, -0.1) is 0 Å². The summed E-state index contributed by atoms with van der Waals surface area (Å²) in [5, 5.41) is 24.7. The van der Waals surface area contributed by atoms with Crippen LogP contribution in [0.15, 0.2) is 41.5 Å². The minimum atomic E-state index is -0.530. The molecule has 0 saturated heterocycles. The fourth-order valence-electron chi connectivity index (χ4n) is 1.71. The van der Waals surface area contributed by atoms with Gasteiger partial charge < -0.3 is 9.84 Å². The molecule has 0 radical (unpaired) electrons. The van der Waals surface area contributed by atoms with Gasteiger partial charge in [-0.05, 0) is 35.9 Å². The molecule has 0 aliphatic heterocycles. The van der Waals surface area contributed by atoms with Gasteiger partial charge in [-0.1, -0.05) is 11.6 Å². The van der Waals surface area contributed by atoms with Gasteiger partial charge in [0.25, 0.3) is 5.69 Å². The Hall–Kier alpha value is -2.80. The molecule has 7 nitrogen and oxygen atoms in total. The van der Waals surface area contributed by atoms with Gasteiger partial charge in [-0.25, -0.2) is 0 Å². The molecular formula is C14H12ClN3O4. The molecule has 2 N–H and O–H groups in total. The fourth-order valence-corrected chi connectivity index (χ4v) is 1.88. The number of anilines is 1. The van der Waals surface area contributed by atoms with Crippen LogP contribution in [0.1, 0.15) is 5.56 Å². The molecule has 0 aliphatic carbocycles. The Morgan fingerprint density at radius 2 is 2.14 bits per heavy atom. The first-order valence-electron chi connectivity index (χ1n) is 6.11. The molecule has 0 saturated carbocycles. The highest BCUT2D eigenvalue weighted by Crippen LogP contribution is 2.28. The number of nitrogens with zero attached hydrogens (tertiary/aromatic N) is 2. The maximum atomic E-state index is 10.9. The number of hydrogen-bond donors (Lipinski definition) is 2. The maximum Gasteiger partial charge on any atom is 0.294 e. The van der Waals surface area contributed by atoms with Crippen LogP contribution in [0, 0.1) is 10.1 Å². The van der Waals surface area contributed by atoms with Gasteiger partial charge in [0.1, 0.15) is 5.69 Å². The second-order valence-corrected chi connectivity index (χ2v) is 4.66. The number of aromatic hydroxyl groups is 1. The van der Waals surface area contributed by atoms with Crippen LogP contribution in [0.25, 0.3) is 0 Å². The molecule has 0 spiro atoms. The van der Waals surface area contributed by atoms with Crippen molar-refractivity contribution in [1.29, 1.82) is 0 Å². The number of hydrogen-bond acceptors (Lipinski definition) is 6. The average Bonchev–Trinajstić information content (AvgIpc) is 2.48. The van der Waals surface area contributed by atoms with Crippen molar-refractivity contribution in [3.63, 3.8) is 0 Å². The Labute approximate surface area is 130 Å². The molecule has 2 rings (SSSR count). The summed E-state index contributed by atoms with van der Waals surface area (Å²) >= 11 is 5.82. The first-order valence-corrected chi connectivity index (χ1v) is 6.49. The minimum absolute atomic E-state index is 0.0121. The molecule has 0 fully saturated rings. The highest BCUT2D eigenvalue weighted by Gasteiger charge is 2.13. The zero-order valence-corrected chi connectivity index (χ0v) is 12.2. The third kappa shape index (κ3) is 3.64. The maximum absolute atomic E-state index is 10.9. The summed E-state index contributed by atoms with van der Waals surface area (Å²) in [5.41, 5.74) is 3.27. The second kappa shape index (κ2) is 6.77. The number of hydrazone groups is 1. The Morgan fingerprint density at radius 1 is 1.36 bits per heavy atom. The highest BCUT2D eigenvalue weighted by molar-refractivity contribution is 6.31. The van der Waals surface area contributed by atoms with Crippen LogP contribution in [-0.2, 0) is 0 Å². The van der Waals surface area contributed by atoms with Crippen molar-refractivity contribution in [2.24, 2.45) is 5.10 Å². The highest BCUT2D eigenvalue weighted by atomic mass is 35.5. The van der Waals surface area contributed by atoms with Gasteiger partial charge >= 0.3 is 0 Å². The Kier molecular flexibility index (Phi) is 4.80. The second-order valence-electron chi connectivity index (χ2n) is 4.22. The van der Waals surface area contributed by atoms with Crippen LogP contribution < -0.4 is 10.2 Å². The van der Waals surface area contributed by atoms with Crippen molar-refractivity contribution in [3.8, 4) is 11.5 Å². The first-order chi connectivity index (χ1) is 10.5. The standard InChI is InChI=1S/C14H12ClN3O4/c1-22-14-6-9(2-5-13(14)19)8-16-17-11-7-10(15)3-4-12(11)18(20)21/h2-8,17,19H,1H3/b16-8+. The molecule has 22 heavy (non-hydrogen) atoms. The number of ether oxygens (including phenoxy) is 1. The molecule has 2 aromatic rings. The molecular weight excluding hydrogens is 310 g/mol. The van der Waals surface area contributed by atoms with Crippen molar-refractivity contribution in [2.75, 3.05) is 12.5 Å². The fraction of sp³-hybridized carbons (Fsp3) is 0.0714. The van der Waals surface area contributed by atoms with E-state index >= 15 is 0 Å². The number of nitro benzene ring substituents is 1. The number of nitrogens with one attached hydrogen (secondary N) is 1. The van der Waals surface area contributed by atoms with Crippen molar-refractivity contribution in [3.05, 3.63) is 57.1 Å². The zero-order chi connectivity index (χ0) is 16.1. The summed E-state index contributed by atoms with van der Waals surface area (Å²) in [6, 6.07) is 8.79. The van der Waals surface area contributed by atoms with Crippen LogP contribution in [0.2, 0.25) is 5.02 Å². The summed E-state index contributed by atoms with van der Waals surface area (Å²) in [6.45, 7) is 0. The van der Waals surface area contributed by atoms with E-state index in [2.05, 4.69) is 10.5 Å². The van der Waals surface area contributed by atoms with Crippen LogP contribution in [0.4, 0.5) is 11.4 Å². The number of phenols is 1. The predicted molar refractivity (Wildman–Crippen MR) is 84.0 cm³/mol. The van der Waals surface area contributed by atoms with E-state index < -0.39 is 4.92 Å². The van der Waals surface area contributed by atoms with E-state index in [4.69, 9.17) is 16.3 Å². The number of methoxy groups -OCH3 is 1. The number of phenolic OH excluding ortho intramolecular Hbond substituents is 1. The predicted octanol–water partition coefficient (Wildman–Crippen LogP) is 3.41. The summed E-state index contributed by atoms with van der Waals surface area (Å²) in [4.78, 5) is 10.4.